The fraction of sp³-hybridized carbons (Fsp3) is 0.448. The van der Waals surface area contributed by atoms with Crippen LogP contribution in [0.1, 0.15) is 39.2 Å². The van der Waals surface area contributed by atoms with Crippen LogP contribution in [-0.4, -0.2) is 52.5 Å². The Hall–Kier alpha value is -3.32. The molecular weight excluding hydrogens is 450 g/mol. The van der Waals surface area contributed by atoms with Gasteiger partial charge in [-0.1, -0.05) is 36.4 Å². The molecule has 0 spiro atoms. The molecule has 7 nitrogen and oxygen atoms in total. The number of aromatic nitrogens is 2. The SMILES string of the molecule is CC(C)(NC(=O)NC1(C)CN2CCC1CC2)c1ccc(-c2ccc(OCCn3cccn3)cc2)cc1. The van der Waals surface area contributed by atoms with Gasteiger partial charge in [0.15, 0.2) is 0 Å². The number of nitrogens with zero attached hydrogens (tertiary/aromatic N) is 3. The number of amides is 2. The van der Waals surface area contributed by atoms with Crippen LogP contribution in [0.4, 0.5) is 4.79 Å². The van der Waals surface area contributed by atoms with Gasteiger partial charge in [0.1, 0.15) is 12.4 Å². The molecule has 0 aliphatic carbocycles. The third-order valence-electron chi connectivity index (χ3n) is 7.81. The lowest BCUT2D eigenvalue weighted by molar-refractivity contribution is 0.0224. The van der Waals surface area contributed by atoms with Crippen molar-refractivity contribution in [2.75, 3.05) is 26.2 Å². The molecule has 36 heavy (non-hydrogen) atoms. The molecule has 3 aliphatic heterocycles. The summed E-state index contributed by atoms with van der Waals surface area (Å²) in [7, 11) is 0. The first-order valence-corrected chi connectivity index (χ1v) is 12.9. The van der Waals surface area contributed by atoms with Crippen molar-refractivity contribution in [3.05, 3.63) is 72.6 Å². The van der Waals surface area contributed by atoms with Crippen molar-refractivity contribution in [1.82, 2.24) is 25.3 Å². The molecule has 2 amide bonds. The fourth-order valence-electron chi connectivity index (χ4n) is 5.62. The third-order valence-corrected chi connectivity index (χ3v) is 7.81. The number of carbonyl (C=O) groups is 1. The van der Waals surface area contributed by atoms with Crippen LogP contribution < -0.4 is 15.4 Å². The normalized spacial score (nSPS) is 23.3. The Morgan fingerprint density at radius 3 is 2.33 bits per heavy atom. The van der Waals surface area contributed by atoms with E-state index in [4.69, 9.17) is 4.74 Å². The summed E-state index contributed by atoms with van der Waals surface area (Å²) < 4.78 is 7.69. The molecular formula is C29H37N5O2. The zero-order valence-corrected chi connectivity index (χ0v) is 21.5. The van der Waals surface area contributed by atoms with E-state index < -0.39 is 5.54 Å². The van der Waals surface area contributed by atoms with Crippen molar-refractivity contribution in [2.45, 2.75) is 51.2 Å². The minimum atomic E-state index is -0.487. The molecule has 3 fully saturated rings. The summed E-state index contributed by atoms with van der Waals surface area (Å²) in [4.78, 5) is 15.4. The molecule has 1 aromatic heterocycles. The zero-order chi connectivity index (χ0) is 25.2. The highest BCUT2D eigenvalue weighted by Crippen LogP contribution is 2.35. The van der Waals surface area contributed by atoms with E-state index in [1.54, 1.807) is 6.20 Å². The molecule has 7 heteroatoms. The van der Waals surface area contributed by atoms with E-state index in [1.165, 1.54) is 12.8 Å². The van der Waals surface area contributed by atoms with Gasteiger partial charge in [0.25, 0.3) is 0 Å². The van der Waals surface area contributed by atoms with Crippen LogP contribution >= 0.6 is 0 Å². The van der Waals surface area contributed by atoms with E-state index in [-0.39, 0.29) is 11.6 Å². The summed E-state index contributed by atoms with van der Waals surface area (Å²) >= 11 is 0. The van der Waals surface area contributed by atoms with E-state index in [9.17, 15) is 4.79 Å². The van der Waals surface area contributed by atoms with Gasteiger partial charge < -0.3 is 20.3 Å². The van der Waals surface area contributed by atoms with Crippen LogP contribution in [-0.2, 0) is 12.1 Å². The predicted molar refractivity (Wildman–Crippen MR) is 142 cm³/mol. The third kappa shape index (κ3) is 5.41. The molecule has 2 bridgehead atoms. The van der Waals surface area contributed by atoms with Crippen LogP contribution in [0.5, 0.6) is 5.75 Å². The number of carbonyl (C=O) groups excluding carboxylic acids is 1. The number of fused-ring (bicyclic) bond motifs is 3. The monoisotopic (exact) mass is 487 g/mol. The summed E-state index contributed by atoms with van der Waals surface area (Å²) in [6.45, 7) is 10.8. The first-order chi connectivity index (χ1) is 17.3. The van der Waals surface area contributed by atoms with Crippen molar-refractivity contribution >= 4 is 6.03 Å². The minimum Gasteiger partial charge on any atom is -0.492 e. The summed E-state index contributed by atoms with van der Waals surface area (Å²) in [6, 6.07) is 18.4. The molecule has 1 atom stereocenters. The van der Waals surface area contributed by atoms with E-state index in [1.807, 2.05) is 29.1 Å². The van der Waals surface area contributed by atoms with Gasteiger partial charge in [-0.2, -0.15) is 5.10 Å². The molecule has 6 rings (SSSR count). The maximum absolute atomic E-state index is 13.0. The first kappa shape index (κ1) is 24.4. The van der Waals surface area contributed by atoms with Crippen molar-refractivity contribution < 1.29 is 9.53 Å². The highest BCUT2D eigenvalue weighted by atomic mass is 16.5. The average molecular weight is 488 g/mol. The van der Waals surface area contributed by atoms with Gasteiger partial charge in [-0.15, -0.1) is 0 Å². The lowest BCUT2D eigenvalue weighted by Crippen LogP contribution is -2.67. The topological polar surface area (TPSA) is 71.4 Å². The summed E-state index contributed by atoms with van der Waals surface area (Å²) in [5.41, 5.74) is 2.68. The second kappa shape index (κ2) is 9.97. The van der Waals surface area contributed by atoms with E-state index >= 15 is 0 Å². The van der Waals surface area contributed by atoms with Crippen molar-refractivity contribution in [1.29, 1.82) is 0 Å². The maximum Gasteiger partial charge on any atom is 0.315 e. The smallest absolute Gasteiger partial charge is 0.315 e. The standard InChI is InChI=1S/C29H37N5O2/c1-28(2,31-27(35)32-29(3)21-33-17-13-25(29)14-18-33)24-9-5-22(6-10-24)23-7-11-26(12-8-23)36-20-19-34-16-4-15-30-34/h4-12,15-16,25H,13-14,17-21H2,1-3H3,(H2,31,32,35). The van der Waals surface area contributed by atoms with Gasteiger partial charge in [-0.05, 0) is 87.5 Å². The number of nitrogens with one attached hydrogen (secondary N) is 2. The van der Waals surface area contributed by atoms with E-state index in [0.717, 1.165) is 48.6 Å². The Balaban J connectivity index is 1.16. The molecule has 2 N–H and O–H groups in total. The van der Waals surface area contributed by atoms with Gasteiger partial charge in [-0.3, -0.25) is 4.68 Å². The Morgan fingerprint density at radius 2 is 1.75 bits per heavy atom. The summed E-state index contributed by atoms with van der Waals surface area (Å²) in [5.74, 6) is 1.40. The number of hydrogen-bond donors (Lipinski definition) is 2. The number of benzene rings is 2. The number of piperidine rings is 3. The number of urea groups is 1. The Bertz CT molecular complexity index is 1150. The van der Waals surface area contributed by atoms with Crippen LogP contribution in [0.15, 0.2) is 67.0 Å². The molecule has 1 unspecified atom stereocenters. The van der Waals surface area contributed by atoms with Crippen molar-refractivity contribution in [2.24, 2.45) is 5.92 Å². The highest BCUT2D eigenvalue weighted by molar-refractivity contribution is 5.76. The molecule has 2 aromatic carbocycles. The maximum atomic E-state index is 13.0. The van der Waals surface area contributed by atoms with Gasteiger partial charge >= 0.3 is 6.03 Å². The van der Waals surface area contributed by atoms with Gasteiger partial charge in [0.05, 0.1) is 17.6 Å². The predicted octanol–water partition coefficient (Wildman–Crippen LogP) is 4.65. The molecule has 3 saturated heterocycles. The molecule has 190 valence electrons. The molecule has 4 heterocycles. The van der Waals surface area contributed by atoms with E-state index in [2.05, 4.69) is 77.8 Å². The Labute approximate surface area is 213 Å². The molecule has 3 aliphatic rings. The van der Waals surface area contributed by atoms with Gasteiger partial charge in [0.2, 0.25) is 0 Å². The van der Waals surface area contributed by atoms with E-state index in [0.29, 0.717) is 12.5 Å². The van der Waals surface area contributed by atoms with Crippen LogP contribution in [0.25, 0.3) is 11.1 Å². The second-order valence-corrected chi connectivity index (χ2v) is 10.9. The lowest BCUT2D eigenvalue weighted by atomic mass is 9.74. The Morgan fingerprint density at radius 1 is 1.08 bits per heavy atom. The highest BCUT2D eigenvalue weighted by Gasteiger charge is 2.44. The minimum absolute atomic E-state index is 0.0940. The summed E-state index contributed by atoms with van der Waals surface area (Å²) in [5, 5.41) is 10.7. The first-order valence-electron chi connectivity index (χ1n) is 12.9. The van der Waals surface area contributed by atoms with Crippen LogP contribution in [0, 0.1) is 5.92 Å². The van der Waals surface area contributed by atoms with Crippen LogP contribution in [0.3, 0.4) is 0 Å². The number of hydrogen-bond acceptors (Lipinski definition) is 4. The van der Waals surface area contributed by atoms with Gasteiger partial charge in [-0.25, -0.2) is 4.79 Å². The average Bonchev–Trinajstić information content (AvgIpc) is 3.38. The van der Waals surface area contributed by atoms with Crippen molar-refractivity contribution in [3.8, 4) is 16.9 Å². The second-order valence-electron chi connectivity index (χ2n) is 10.9. The Kier molecular flexibility index (Phi) is 6.75. The summed E-state index contributed by atoms with van der Waals surface area (Å²) in [6.07, 6.45) is 6.03. The van der Waals surface area contributed by atoms with Crippen molar-refractivity contribution in [3.63, 3.8) is 0 Å². The van der Waals surface area contributed by atoms with Crippen LogP contribution in [0.2, 0.25) is 0 Å². The zero-order valence-electron chi connectivity index (χ0n) is 21.5. The quantitative estimate of drug-likeness (QED) is 0.485. The molecule has 0 radical (unpaired) electrons. The largest absolute Gasteiger partial charge is 0.492 e. The lowest BCUT2D eigenvalue weighted by Gasteiger charge is -2.52. The molecule has 0 saturated carbocycles. The number of ether oxygens (including phenoxy) is 1. The number of rotatable bonds is 8. The molecule has 3 aromatic rings. The van der Waals surface area contributed by atoms with Gasteiger partial charge in [0, 0.05) is 18.9 Å². The fourth-order valence-corrected chi connectivity index (χ4v) is 5.62.